The quantitative estimate of drug-likeness (QED) is 0.355. The Labute approximate surface area is 212 Å². The van der Waals surface area contributed by atoms with E-state index in [9.17, 15) is 0 Å². The van der Waals surface area contributed by atoms with Crippen molar-refractivity contribution in [3.8, 4) is 0 Å². The second-order valence-electron chi connectivity index (χ2n) is 9.93. The second kappa shape index (κ2) is 9.64. The van der Waals surface area contributed by atoms with Gasteiger partial charge >= 0.3 is 0 Å². The molecule has 1 nitrogen and oxygen atoms in total. The van der Waals surface area contributed by atoms with Gasteiger partial charge in [0.25, 0.3) is 0 Å². The summed E-state index contributed by atoms with van der Waals surface area (Å²) in [7, 11) is 0. The molecule has 174 valence electrons. The molecule has 3 aromatic rings. The molecule has 1 aliphatic carbocycles. The number of benzene rings is 2. The maximum absolute atomic E-state index is 2.46. The summed E-state index contributed by atoms with van der Waals surface area (Å²) in [6.45, 7) is 10.3. The molecule has 2 aliphatic rings. The first-order valence-electron chi connectivity index (χ1n) is 12.3. The number of para-hydroxylation sites is 1. The van der Waals surface area contributed by atoms with Crippen molar-refractivity contribution < 1.29 is 0 Å². The van der Waals surface area contributed by atoms with E-state index >= 15 is 0 Å². The van der Waals surface area contributed by atoms with Crippen LogP contribution in [0.3, 0.4) is 0 Å². The van der Waals surface area contributed by atoms with E-state index in [4.69, 9.17) is 0 Å². The fourth-order valence-electron chi connectivity index (χ4n) is 5.23. The average molecular weight is 484 g/mol. The topological polar surface area (TPSA) is 3.24 Å². The Kier molecular flexibility index (Phi) is 6.59. The molecular weight excluding hydrogens is 450 g/mol. The lowest BCUT2D eigenvalue weighted by molar-refractivity contribution is 0.356. The third-order valence-electron chi connectivity index (χ3n) is 6.64. The minimum absolute atomic E-state index is 0.268. The number of hydrogen-bond donors (Lipinski definition) is 0. The van der Waals surface area contributed by atoms with Gasteiger partial charge in [0.1, 0.15) is 0 Å². The van der Waals surface area contributed by atoms with Crippen molar-refractivity contribution in [3.63, 3.8) is 0 Å². The normalized spacial score (nSPS) is 20.0. The summed E-state index contributed by atoms with van der Waals surface area (Å²) in [6, 6.07) is 17.5. The number of allylic oxidation sites excluding steroid dienone is 6. The van der Waals surface area contributed by atoms with E-state index in [1.165, 1.54) is 47.3 Å². The first kappa shape index (κ1) is 23.3. The molecule has 0 saturated heterocycles. The molecule has 5 rings (SSSR count). The van der Waals surface area contributed by atoms with Crippen LogP contribution in [0, 0.1) is 5.41 Å². The Morgan fingerprint density at radius 1 is 1.00 bits per heavy atom. The van der Waals surface area contributed by atoms with E-state index in [2.05, 4.69) is 112 Å². The van der Waals surface area contributed by atoms with Gasteiger partial charge in [-0.15, -0.1) is 11.3 Å². The Morgan fingerprint density at radius 2 is 1.79 bits per heavy atom. The van der Waals surface area contributed by atoms with Crippen molar-refractivity contribution in [1.82, 2.24) is 0 Å². The average Bonchev–Trinajstić information content (AvgIpc) is 3.34. The van der Waals surface area contributed by atoms with E-state index in [0.717, 1.165) is 25.8 Å². The van der Waals surface area contributed by atoms with Crippen LogP contribution in [0.15, 0.2) is 93.9 Å². The van der Waals surface area contributed by atoms with Crippen molar-refractivity contribution in [1.29, 1.82) is 0 Å². The van der Waals surface area contributed by atoms with Crippen LogP contribution < -0.4 is 4.90 Å². The number of anilines is 1. The van der Waals surface area contributed by atoms with Gasteiger partial charge in [0.15, 0.2) is 0 Å². The molecule has 1 aliphatic heterocycles. The zero-order valence-electron chi connectivity index (χ0n) is 20.6. The highest BCUT2D eigenvalue weighted by Gasteiger charge is 2.25. The smallest absolute Gasteiger partial charge is 0.0801 e. The summed E-state index contributed by atoms with van der Waals surface area (Å²) in [4.78, 5) is 5.18. The number of thioether (sulfide) groups is 1. The zero-order valence-corrected chi connectivity index (χ0v) is 22.2. The van der Waals surface area contributed by atoms with E-state index in [0.29, 0.717) is 0 Å². The van der Waals surface area contributed by atoms with Gasteiger partial charge in [-0.25, -0.2) is 0 Å². The Balaban J connectivity index is 1.43. The third-order valence-corrected chi connectivity index (χ3v) is 8.93. The summed E-state index contributed by atoms with van der Waals surface area (Å²) >= 11 is 3.80. The van der Waals surface area contributed by atoms with Crippen molar-refractivity contribution >= 4 is 44.9 Å². The minimum Gasteiger partial charge on any atom is -0.335 e. The third kappa shape index (κ3) is 4.69. The highest BCUT2D eigenvalue weighted by atomic mass is 32.2. The second-order valence-corrected chi connectivity index (χ2v) is 12.1. The van der Waals surface area contributed by atoms with Crippen LogP contribution >= 0.6 is 23.1 Å². The van der Waals surface area contributed by atoms with Crippen LogP contribution in [0.1, 0.15) is 51.0 Å². The number of hydrogen-bond acceptors (Lipinski definition) is 3. The number of thiophene rings is 1. The largest absolute Gasteiger partial charge is 0.335 e. The lowest BCUT2D eigenvalue weighted by Gasteiger charge is -2.30. The molecule has 0 N–H and O–H groups in total. The lowest BCUT2D eigenvalue weighted by atomic mass is 9.75. The number of fused-ring (bicyclic) bond motifs is 2. The molecule has 0 amide bonds. The summed E-state index contributed by atoms with van der Waals surface area (Å²) in [5, 5.41) is 2.73. The molecule has 0 bridgehead atoms. The summed E-state index contributed by atoms with van der Waals surface area (Å²) < 4.78 is 1.40. The standard InChI is InChI=1S/C31H33NS2/c1-5-24-25-13-7-9-15-27(25)33-29(24)19-23-18-22(20-31(3,4)21-23)12-11-17-30-32(6-2)26-14-8-10-16-28(26)34-30/h7-19H,5-6,20-21H2,1-4H3/b12-11?,23-19-,30-17?. The van der Waals surface area contributed by atoms with Crippen LogP contribution in [0.4, 0.5) is 5.69 Å². The molecule has 0 saturated carbocycles. The van der Waals surface area contributed by atoms with Crippen LogP contribution in [-0.4, -0.2) is 6.54 Å². The molecule has 2 aromatic carbocycles. The van der Waals surface area contributed by atoms with Gasteiger partial charge in [0.05, 0.1) is 10.7 Å². The summed E-state index contributed by atoms with van der Waals surface area (Å²) in [5.74, 6) is 0. The first-order valence-corrected chi connectivity index (χ1v) is 13.9. The maximum atomic E-state index is 2.46. The highest BCUT2D eigenvalue weighted by molar-refractivity contribution is 8.03. The van der Waals surface area contributed by atoms with Crippen LogP contribution in [0.5, 0.6) is 0 Å². The van der Waals surface area contributed by atoms with Gasteiger partial charge in [-0.2, -0.15) is 0 Å². The number of aryl methyl sites for hydroxylation is 1. The molecule has 0 radical (unpaired) electrons. The highest BCUT2D eigenvalue weighted by Crippen LogP contribution is 2.46. The van der Waals surface area contributed by atoms with Crippen molar-refractivity contribution in [2.75, 3.05) is 11.4 Å². The molecule has 0 atom stereocenters. The fourth-order valence-corrected chi connectivity index (χ4v) is 7.64. The van der Waals surface area contributed by atoms with E-state index in [1.54, 1.807) is 0 Å². The molecule has 0 unspecified atom stereocenters. The number of rotatable bonds is 5. The fraction of sp³-hybridized carbons (Fsp3) is 0.290. The lowest BCUT2D eigenvalue weighted by Crippen LogP contribution is -2.17. The number of nitrogens with zero attached hydrogens (tertiary/aromatic N) is 1. The maximum Gasteiger partial charge on any atom is 0.0801 e. The SMILES string of the molecule is CCc1c(/C=C2/C=C(C=CC=C3Sc4ccccc4N3CC)CC(C)(C)C2)sc2ccccc12. The van der Waals surface area contributed by atoms with Gasteiger partial charge in [-0.3, -0.25) is 0 Å². The van der Waals surface area contributed by atoms with E-state index < -0.39 is 0 Å². The predicted molar refractivity (Wildman–Crippen MR) is 153 cm³/mol. The molecule has 2 heterocycles. The van der Waals surface area contributed by atoms with Crippen LogP contribution in [0.2, 0.25) is 0 Å². The monoisotopic (exact) mass is 483 g/mol. The molecule has 1 aromatic heterocycles. The first-order chi connectivity index (χ1) is 16.5. The Morgan fingerprint density at radius 3 is 2.62 bits per heavy atom. The van der Waals surface area contributed by atoms with Crippen LogP contribution in [-0.2, 0) is 6.42 Å². The van der Waals surface area contributed by atoms with Gasteiger partial charge in [0.2, 0.25) is 0 Å². The van der Waals surface area contributed by atoms with Crippen molar-refractivity contribution in [2.45, 2.75) is 51.9 Å². The van der Waals surface area contributed by atoms with E-state index in [-0.39, 0.29) is 5.41 Å². The molecular formula is C31H33NS2. The molecule has 34 heavy (non-hydrogen) atoms. The van der Waals surface area contributed by atoms with E-state index in [1.807, 2.05) is 23.1 Å². The molecule has 0 fully saturated rings. The summed E-state index contributed by atoms with van der Waals surface area (Å²) in [6.07, 6.45) is 15.0. The zero-order chi connectivity index (χ0) is 23.7. The van der Waals surface area contributed by atoms with Gasteiger partial charge in [-0.1, -0.05) is 81.1 Å². The molecule has 3 heteroatoms. The van der Waals surface area contributed by atoms with Gasteiger partial charge in [-0.05, 0) is 84.0 Å². The minimum atomic E-state index is 0.268. The van der Waals surface area contributed by atoms with Gasteiger partial charge in [0, 0.05) is 21.0 Å². The Bertz CT molecular complexity index is 1330. The van der Waals surface area contributed by atoms with Crippen molar-refractivity contribution in [2.24, 2.45) is 5.41 Å². The Hall–Kier alpha value is -2.49. The van der Waals surface area contributed by atoms with Crippen molar-refractivity contribution in [3.05, 3.63) is 99.5 Å². The molecule has 0 spiro atoms. The summed E-state index contributed by atoms with van der Waals surface area (Å²) in [5.41, 5.74) is 5.95. The van der Waals surface area contributed by atoms with Crippen LogP contribution in [0.25, 0.3) is 16.2 Å². The predicted octanol–water partition coefficient (Wildman–Crippen LogP) is 9.62. The van der Waals surface area contributed by atoms with Gasteiger partial charge < -0.3 is 4.90 Å².